The molecule has 0 saturated carbocycles. The van der Waals surface area contributed by atoms with Crippen LogP contribution in [0.5, 0.6) is 5.75 Å². The van der Waals surface area contributed by atoms with E-state index in [2.05, 4.69) is 58.7 Å². The van der Waals surface area contributed by atoms with Crippen molar-refractivity contribution < 1.29 is 14.4 Å². The topological polar surface area (TPSA) is 75.2 Å². The Kier molecular flexibility index (Phi) is 13.3. The maximum Gasteiger partial charge on any atom is 0.433 e. The van der Waals surface area contributed by atoms with Crippen LogP contribution in [0, 0.1) is 0 Å². The predicted octanol–water partition coefficient (Wildman–Crippen LogP) is 5.77. The van der Waals surface area contributed by atoms with Crippen LogP contribution in [0.25, 0.3) is 0 Å². The summed E-state index contributed by atoms with van der Waals surface area (Å²) < 4.78 is 6.07. The zero-order chi connectivity index (χ0) is 24.6. The van der Waals surface area contributed by atoms with E-state index in [0.29, 0.717) is 6.04 Å². The number of carbonyl (C=O) groups excluding carboxylic acids is 1. The van der Waals surface area contributed by atoms with Crippen LogP contribution in [0.1, 0.15) is 53.9 Å². The number of fused-ring (bicyclic) bond motifs is 1. The van der Waals surface area contributed by atoms with Crippen molar-refractivity contribution in [2.45, 2.75) is 59.9 Å². The molecule has 33 heavy (non-hydrogen) atoms. The van der Waals surface area contributed by atoms with Crippen LogP contribution in [-0.4, -0.2) is 38.5 Å². The first-order valence-corrected chi connectivity index (χ1v) is 11.8. The largest absolute Gasteiger partial charge is 0.458 e. The van der Waals surface area contributed by atoms with Gasteiger partial charge >= 0.3 is 6.09 Å². The zero-order valence-electron chi connectivity index (χ0n) is 20.8. The van der Waals surface area contributed by atoms with Gasteiger partial charge in [0.25, 0.3) is 0 Å². The molecule has 0 aliphatic carbocycles. The summed E-state index contributed by atoms with van der Waals surface area (Å²) in [7, 11) is 0. The van der Waals surface area contributed by atoms with Gasteiger partial charge in [-0.3, -0.25) is 4.84 Å². The molecule has 1 aromatic carbocycles. The minimum Gasteiger partial charge on any atom is -0.458 e. The van der Waals surface area contributed by atoms with Crippen LogP contribution in [0.2, 0.25) is 0 Å². The van der Waals surface area contributed by atoms with Crippen molar-refractivity contribution >= 4 is 18.5 Å². The van der Waals surface area contributed by atoms with E-state index in [1.54, 1.807) is 0 Å². The van der Waals surface area contributed by atoms with E-state index in [4.69, 9.17) is 4.74 Å². The van der Waals surface area contributed by atoms with Gasteiger partial charge in [-0.15, -0.1) is 0 Å². The lowest BCUT2D eigenvalue weighted by Gasteiger charge is -2.34. The smallest absolute Gasteiger partial charge is 0.433 e. The van der Waals surface area contributed by atoms with Gasteiger partial charge < -0.3 is 20.3 Å². The molecule has 0 saturated heterocycles. The molecule has 0 radical (unpaired) electrons. The van der Waals surface area contributed by atoms with Gasteiger partial charge in [-0.05, 0) is 56.5 Å². The first-order valence-electron chi connectivity index (χ1n) is 11.8. The number of oxime groups is 1. The lowest BCUT2D eigenvalue weighted by atomic mass is 10.1. The van der Waals surface area contributed by atoms with Gasteiger partial charge in [0.1, 0.15) is 5.76 Å². The highest BCUT2D eigenvalue weighted by molar-refractivity contribution is 5.68. The van der Waals surface area contributed by atoms with Crippen molar-refractivity contribution in [3.05, 3.63) is 60.0 Å². The summed E-state index contributed by atoms with van der Waals surface area (Å²) in [5, 5.41) is 9.28. The summed E-state index contributed by atoms with van der Waals surface area (Å²) in [5.74, 6) is 1.67. The fraction of sp³-hybridized carbons (Fsp3) is 0.462. The van der Waals surface area contributed by atoms with Gasteiger partial charge in [0, 0.05) is 25.8 Å². The summed E-state index contributed by atoms with van der Waals surface area (Å²) in [6, 6.07) is 8.52. The Bertz CT molecular complexity index is 833. The van der Waals surface area contributed by atoms with Gasteiger partial charge in [0.2, 0.25) is 0 Å². The highest BCUT2D eigenvalue weighted by Crippen LogP contribution is 2.38. The predicted molar refractivity (Wildman–Crippen MR) is 138 cm³/mol. The molecule has 0 spiro atoms. The molecule has 0 fully saturated rings. The van der Waals surface area contributed by atoms with Crippen molar-refractivity contribution in [3.63, 3.8) is 0 Å². The number of amides is 1. The Balaban J connectivity index is 0.00000265. The Morgan fingerprint density at radius 1 is 1.30 bits per heavy atom. The molecule has 2 rings (SSSR count). The molecule has 0 aromatic heterocycles. The Morgan fingerprint density at radius 3 is 2.70 bits per heavy atom. The molecule has 182 valence electrons. The third kappa shape index (κ3) is 9.14. The molecule has 7 nitrogen and oxygen atoms in total. The van der Waals surface area contributed by atoms with Crippen LogP contribution in [0.3, 0.4) is 0 Å². The molecular weight excluding hydrogens is 416 g/mol. The number of allylic oxidation sites excluding steroid dienone is 2. The van der Waals surface area contributed by atoms with E-state index >= 15 is 0 Å². The number of ether oxygens (including phenoxy) is 1. The first-order chi connectivity index (χ1) is 16.0. The van der Waals surface area contributed by atoms with E-state index < -0.39 is 6.09 Å². The normalized spacial score (nSPS) is 13.4. The molecule has 1 unspecified atom stereocenters. The van der Waals surface area contributed by atoms with E-state index in [1.807, 2.05) is 51.1 Å². The third-order valence-electron chi connectivity index (χ3n) is 5.03. The van der Waals surface area contributed by atoms with E-state index in [1.165, 1.54) is 0 Å². The third-order valence-corrected chi connectivity index (χ3v) is 5.03. The van der Waals surface area contributed by atoms with Crippen molar-refractivity contribution in [3.8, 4) is 5.75 Å². The van der Waals surface area contributed by atoms with Crippen molar-refractivity contribution in [1.82, 2.24) is 10.6 Å². The standard InChI is InChI=1S/C24H34N4O3.C2H6/c1-6-15-26-20(7-2)14-16-28-21(13-12-18(3)17-27-24(29)31-25-5)19(4)30-23-11-9-8-10-22(23)28;1-2/h8-13,20,26H,3,5-7,14-17H2,1-2,4H3,(H,27,29);1-2H3/b13-12-;. The van der Waals surface area contributed by atoms with Gasteiger partial charge in [-0.2, -0.15) is 0 Å². The van der Waals surface area contributed by atoms with Crippen LogP contribution in [0.4, 0.5) is 10.5 Å². The zero-order valence-corrected chi connectivity index (χ0v) is 20.8. The quantitative estimate of drug-likeness (QED) is 0.181. The second-order valence-corrected chi connectivity index (χ2v) is 7.36. The lowest BCUT2D eigenvalue weighted by molar-refractivity contribution is 0.153. The average molecular weight is 457 g/mol. The number of nitrogens with zero attached hydrogens (tertiary/aromatic N) is 2. The summed E-state index contributed by atoms with van der Waals surface area (Å²) in [6.07, 6.45) is 6.40. The second kappa shape index (κ2) is 15.7. The number of benzene rings is 1. The fourth-order valence-corrected chi connectivity index (χ4v) is 3.37. The summed E-state index contributed by atoms with van der Waals surface area (Å²) in [6.45, 7) is 19.6. The van der Waals surface area contributed by atoms with Gasteiger partial charge in [-0.1, -0.05) is 57.6 Å². The second-order valence-electron chi connectivity index (χ2n) is 7.36. The highest BCUT2D eigenvalue weighted by Gasteiger charge is 2.23. The maximum absolute atomic E-state index is 11.4. The summed E-state index contributed by atoms with van der Waals surface area (Å²) in [4.78, 5) is 18.1. The van der Waals surface area contributed by atoms with Crippen LogP contribution in [0.15, 0.2) is 65.2 Å². The molecule has 0 bridgehead atoms. The fourth-order valence-electron chi connectivity index (χ4n) is 3.37. The maximum atomic E-state index is 11.4. The highest BCUT2D eigenvalue weighted by atomic mass is 16.7. The van der Waals surface area contributed by atoms with Gasteiger partial charge in [-0.25, -0.2) is 4.79 Å². The van der Waals surface area contributed by atoms with Crippen molar-refractivity contribution in [2.24, 2.45) is 5.16 Å². The molecule has 1 heterocycles. The first kappa shape index (κ1) is 28.0. The molecule has 1 amide bonds. The molecule has 7 heteroatoms. The Hall–Kier alpha value is -3.06. The van der Waals surface area contributed by atoms with Crippen LogP contribution < -0.4 is 20.3 Å². The van der Waals surface area contributed by atoms with Crippen LogP contribution >= 0.6 is 0 Å². The van der Waals surface area contributed by atoms with E-state index in [9.17, 15) is 4.79 Å². The Labute approximate surface area is 199 Å². The monoisotopic (exact) mass is 456 g/mol. The van der Waals surface area contributed by atoms with Gasteiger partial charge in [0.15, 0.2) is 5.75 Å². The molecule has 1 aromatic rings. The minimum atomic E-state index is -0.665. The number of para-hydroxylation sites is 2. The SMILES string of the molecule is C=NOC(=O)NCC(=C)/C=C\C1=C(C)Oc2ccccc2N1CCC(CC)NCCC.CC. The minimum absolute atomic E-state index is 0.244. The Morgan fingerprint density at radius 2 is 2.03 bits per heavy atom. The van der Waals surface area contributed by atoms with Crippen molar-refractivity contribution in [1.29, 1.82) is 0 Å². The number of hydrogen-bond donors (Lipinski definition) is 2. The number of rotatable bonds is 12. The summed E-state index contributed by atoms with van der Waals surface area (Å²) in [5.41, 5.74) is 2.74. The molecule has 1 atom stereocenters. The average Bonchev–Trinajstić information content (AvgIpc) is 2.83. The number of anilines is 1. The molecule has 1 aliphatic heterocycles. The molecular formula is C26H40N4O3. The summed E-state index contributed by atoms with van der Waals surface area (Å²) >= 11 is 0. The lowest BCUT2D eigenvalue weighted by Crippen LogP contribution is -2.35. The van der Waals surface area contributed by atoms with E-state index in [0.717, 1.165) is 60.8 Å². The number of carbonyl (C=O) groups is 1. The van der Waals surface area contributed by atoms with Crippen molar-refractivity contribution in [2.75, 3.05) is 24.5 Å². The van der Waals surface area contributed by atoms with E-state index in [-0.39, 0.29) is 6.54 Å². The number of nitrogens with one attached hydrogen (secondary N) is 2. The number of hydrogen-bond acceptors (Lipinski definition) is 6. The van der Waals surface area contributed by atoms with Gasteiger partial charge in [0.05, 0.1) is 11.4 Å². The molecule has 2 N–H and O–H groups in total. The molecule has 1 aliphatic rings. The van der Waals surface area contributed by atoms with Crippen LogP contribution in [-0.2, 0) is 4.84 Å².